The molecule has 0 spiro atoms. The second kappa shape index (κ2) is 5.29. The molecule has 84 valence electrons. The Balaban J connectivity index is 2.58. The van der Waals surface area contributed by atoms with E-state index < -0.39 is 5.97 Å². The van der Waals surface area contributed by atoms with E-state index in [1.165, 1.54) is 12.3 Å². The van der Waals surface area contributed by atoms with Crippen LogP contribution in [0.15, 0.2) is 36.0 Å². The zero-order valence-corrected chi connectivity index (χ0v) is 9.27. The number of nitriles is 1. The van der Waals surface area contributed by atoms with Crippen LogP contribution in [0.3, 0.4) is 0 Å². The Hall–Kier alpha value is -1.86. The summed E-state index contributed by atoms with van der Waals surface area (Å²) >= 11 is 0. The number of methoxy groups -OCH3 is 1. The van der Waals surface area contributed by atoms with Gasteiger partial charge in [0.2, 0.25) is 0 Å². The van der Waals surface area contributed by atoms with Crippen molar-refractivity contribution in [2.24, 2.45) is 0 Å². The van der Waals surface area contributed by atoms with Crippen LogP contribution in [0.2, 0.25) is 0 Å². The molecule has 0 aromatic heterocycles. The molecule has 0 aromatic carbocycles. The van der Waals surface area contributed by atoms with E-state index in [0.717, 1.165) is 12.0 Å². The van der Waals surface area contributed by atoms with Crippen LogP contribution in [0.1, 0.15) is 13.3 Å². The van der Waals surface area contributed by atoms with Gasteiger partial charge in [-0.15, -0.1) is 5.26 Å². The third-order valence-electron chi connectivity index (χ3n) is 2.40. The molecule has 1 atom stereocenters. The fourth-order valence-electron chi connectivity index (χ4n) is 1.25. The summed E-state index contributed by atoms with van der Waals surface area (Å²) in [6, 6.07) is 0. The topological polar surface area (TPSA) is 59.3 Å². The van der Waals surface area contributed by atoms with Crippen LogP contribution in [-0.4, -0.2) is 18.7 Å². The lowest BCUT2D eigenvalue weighted by Gasteiger charge is -2.25. The Kier molecular flexibility index (Phi) is 4.03. The fraction of sp³-hybridized carbons (Fsp3) is 0.333. The maximum Gasteiger partial charge on any atom is 0.346 e. The number of hydrogen-bond donors (Lipinski definition) is 0. The molecule has 0 aromatic rings. The zero-order chi connectivity index (χ0) is 12.0. The molecule has 0 saturated carbocycles. The van der Waals surface area contributed by atoms with Crippen LogP contribution in [0.5, 0.6) is 0 Å². The predicted molar refractivity (Wildman–Crippen MR) is 58.1 cm³/mol. The number of carbonyl (C=O) groups is 1. The number of ether oxygens (including phenoxy) is 2. The summed E-state index contributed by atoms with van der Waals surface area (Å²) in [7, 11) is 1.66. The summed E-state index contributed by atoms with van der Waals surface area (Å²) in [6.07, 6.45) is 10.6. The van der Waals surface area contributed by atoms with Gasteiger partial charge in [-0.05, 0) is 25.0 Å². The second-order valence-corrected chi connectivity index (χ2v) is 3.60. The van der Waals surface area contributed by atoms with Crippen molar-refractivity contribution in [2.45, 2.75) is 18.9 Å². The van der Waals surface area contributed by atoms with Crippen LogP contribution in [0, 0.1) is 11.5 Å². The van der Waals surface area contributed by atoms with Gasteiger partial charge in [-0.1, -0.05) is 18.2 Å². The normalized spacial score (nSPS) is 23.9. The number of rotatable bonds is 3. The molecule has 0 heterocycles. The van der Waals surface area contributed by atoms with Gasteiger partial charge in [-0.2, -0.15) is 0 Å². The average molecular weight is 219 g/mol. The predicted octanol–water partition coefficient (Wildman–Crippen LogP) is 1.86. The summed E-state index contributed by atoms with van der Waals surface area (Å²) in [5.74, 6) is -0.670. The van der Waals surface area contributed by atoms with Gasteiger partial charge in [0.05, 0.1) is 5.60 Å². The van der Waals surface area contributed by atoms with Gasteiger partial charge in [0.15, 0.2) is 0 Å². The summed E-state index contributed by atoms with van der Waals surface area (Å²) in [5.41, 5.74) is 0.620. The monoisotopic (exact) mass is 219 g/mol. The van der Waals surface area contributed by atoms with Crippen molar-refractivity contribution in [1.29, 1.82) is 5.26 Å². The first kappa shape index (κ1) is 12.2. The maximum atomic E-state index is 10.9. The van der Waals surface area contributed by atoms with Crippen LogP contribution in [-0.2, 0) is 14.3 Å². The molecule has 0 fully saturated rings. The molecule has 1 unspecified atom stereocenters. The molecule has 0 radical (unpaired) electrons. The summed E-state index contributed by atoms with van der Waals surface area (Å²) in [5, 5.41) is 8.10. The van der Waals surface area contributed by atoms with Gasteiger partial charge in [-0.25, -0.2) is 4.79 Å². The van der Waals surface area contributed by atoms with Gasteiger partial charge in [0.1, 0.15) is 0 Å². The highest BCUT2D eigenvalue weighted by Gasteiger charge is 2.20. The van der Waals surface area contributed by atoms with Crippen molar-refractivity contribution in [1.82, 2.24) is 0 Å². The van der Waals surface area contributed by atoms with Crippen molar-refractivity contribution in [3.05, 3.63) is 36.0 Å². The number of hydrogen-bond acceptors (Lipinski definition) is 4. The zero-order valence-electron chi connectivity index (χ0n) is 9.27. The van der Waals surface area contributed by atoms with E-state index in [4.69, 9.17) is 10.00 Å². The summed E-state index contributed by atoms with van der Waals surface area (Å²) in [4.78, 5) is 10.9. The van der Waals surface area contributed by atoms with Crippen LogP contribution in [0.25, 0.3) is 0 Å². The molecule has 1 aliphatic carbocycles. The lowest BCUT2D eigenvalue weighted by atomic mass is 9.94. The van der Waals surface area contributed by atoms with E-state index in [1.807, 2.05) is 25.2 Å². The lowest BCUT2D eigenvalue weighted by Crippen LogP contribution is -2.24. The number of nitrogens with zero attached hydrogens (tertiary/aromatic N) is 1. The maximum absolute atomic E-state index is 10.9. The smallest absolute Gasteiger partial charge is 0.346 e. The van der Waals surface area contributed by atoms with Gasteiger partial charge in [0.25, 0.3) is 6.26 Å². The summed E-state index contributed by atoms with van der Waals surface area (Å²) < 4.78 is 9.40. The molecule has 0 bridgehead atoms. The molecule has 0 saturated heterocycles. The van der Waals surface area contributed by atoms with Crippen LogP contribution >= 0.6 is 0 Å². The quantitative estimate of drug-likeness (QED) is 0.413. The standard InChI is InChI=1S/C12H13NO3/c1-12(15-2)7-5-10(6-8-12)3-4-11(14)16-9-13/h3-7H,8H2,1-2H3. The Morgan fingerprint density at radius 1 is 1.69 bits per heavy atom. The van der Waals surface area contributed by atoms with Crippen LogP contribution in [0.4, 0.5) is 0 Å². The fourth-order valence-corrected chi connectivity index (χ4v) is 1.25. The third kappa shape index (κ3) is 3.37. The largest absolute Gasteiger partial charge is 0.374 e. The molecule has 1 rings (SSSR count). The van der Waals surface area contributed by atoms with Crippen molar-refractivity contribution < 1.29 is 14.3 Å². The number of esters is 1. The molecule has 4 heteroatoms. The first-order chi connectivity index (χ1) is 7.59. The summed E-state index contributed by atoms with van der Waals surface area (Å²) in [6.45, 7) is 1.98. The van der Waals surface area contributed by atoms with Crippen molar-refractivity contribution >= 4 is 5.97 Å². The van der Waals surface area contributed by atoms with Gasteiger partial charge >= 0.3 is 5.97 Å². The second-order valence-electron chi connectivity index (χ2n) is 3.60. The van der Waals surface area contributed by atoms with Gasteiger partial charge in [0, 0.05) is 13.2 Å². The Bertz CT molecular complexity index is 401. The van der Waals surface area contributed by atoms with Crippen molar-refractivity contribution in [2.75, 3.05) is 7.11 Å². The van der Waals surface area contributed by atoms with Crippen LogP contribution < -0.4 is 0 Å². The Labute approximate surface area is 94.5 Å². The minimum Gasteiger partial charge on any atom is -0.374 e. The average Bonchev–Trinajstić information content (AvgIpc) is 2.29. The third-order valence-corrected chi connectivity index (χ3v) is 2.40. The number of carbonyl (C=O) groups excluding carboxylic acids is 1. The highest BCUT2D eigenvalue weighted by atomic mass is 16.5. The van der Waals surface area contributed by atoms with Gasteiger partial charge < -0.3 is 9.47 Å². The van der Waals surface area contributed by atoms with E-state index in [0.29, 0.717) is 0 Å². The first-order valence-corrected chi connectivity index (χ1v) is 4.82. The molecule has 0 N–H and O–H groups in total. The van der Waals surface area contributed by atoms with E-state index in [2.05, 4.69) is 4.74 Å². The van der Waals surface area contributed by atoms with Crippen molar-refractivity contribution in [3.63, 3.8) is 0 Å². The first-order valence-electron chi connectivity index (χ1n) is 4.82. The Morgan fingerprint density at radius 2 is 2.44 bits per heavy atom. The van der Waals surface area contributed by atoms with Gasteiger partial charge in [-0.3, -0.25) is 0 Å². The number of allylic oxidation sites excluding steroid dienone is 3. The minimum atomic E-state index is -0.670. The van der Waals surface area contributed by atoms with E-state index in [-0.39, 0.29) is 5.60 Å². The molecule has 1 aliphatic rings. The van der Waals surface area contributed by atoms with E-state index in [9.17, 15) is 4.79 Å². The molecular weight excluding hydrogens is 206 g/mol. The molecule has 0 aliphatic heterocycles. The molecular formula is C12H13NO3. The molecule has 16 heavy (non-hydrogen) atoms. The lowest BCUT2D eigenvalue weighted by molar-refractivity contribution is -0.131. The highest BCUT2D eigenvalue weighted by molar-refractivity contribution is 5.83. The SMILES string of the molecule is COC1(C)C=CC(C=CC(=O)OC#N)=CC1. The Morgan fingerprint density at radius 3 is 2.94 bits per heavy atom. The van der Waals surface area contributed by atoms with Crippen molar-refractivity contribution in [3.8, 4) is 6.26 Å². The minimum absolute atomic E-state index is 0.273. The molecule has 4 nitrogen and oxygen atoms in total. The van der Waals surface area contributed by atoms with E-state index in [1.54, 1.807) is 13.2 Å². The highest BCUT2D eigenvalue weighted by Crippen LogP contribution is 2.23. The van der Waals surface area contributed by atoms with E-state index >= 15 is 0 Å². The molecule has 0 amide bonds.